The summed E-state index contributed by atoms with van der Waals surface area (Å²) in [5.41, 5.74) is 1.10. The zero-order valence-electron chi connectivity index (χ0n) is 12.1. The first-order chi connectivity index (χ1) is 9.31. The van der Waals surface area contributed by atoms with E-state index in [-0.39, 0.29) is 0 Å². The number of pyridine rings is 1. The molecule has 0 saturated carbocycles. The molecule has 4 heteroatoms. The van der Waals surface area contributed by atoms with Crippen LogP contribution in [0.5, 0.6) is 5.88 Å². The molecule has 1 N–H and O–H groups in total. The molecular formula is C15H25N3O. The normalized spacial score (nSPS) is 17.6. The first kappa shape index (κ1) is 14.3. The summed E-state index contributed by atoms with van der Waals surface area (Å²) >= 11 is 0. The van der Waals surface area contributed by atoms with Crippen LogP contribution < -0.4 is 10.1 Å². The summed E-state index contributed by atoms with van der Waals surface area (Å²) in [6, 6.07) is 5.99. The van der Waals surface area contributed by atoms with E-state index in [1.54, 1.807) is 7.11 Å². The van der Waals surface area contributed by atoms with E-state index >= 15 is 0 Å². The quantitative estimate of drug-likeness (QED) is 0.851. The lowest BCUT2D eigenvalue weighted by Gasteiger charge is -2.31. The van der Waals surface area contributed by atoms with Gasteiger partial charge in [0.2, 0.25) is 5.88 Å². The van der Waals surface area contributed by atoms with Crippen molar-refractivity contribution in [2.24, 2.45) is 5.92 Å². The third-order valence-electron chi connectivity index (χ3n) is 3.89. The van der Waals surface area contributed by atoms with E-state index in [4.69, 9.17) is 4.74 Å². The van der Waals surface area contributed by atoms with Gasteiger partial charge in [-0.05, 0) is 57.9 Å². The highest BCUT2D eigenvalue weighted by molar-refractivity contribution is 5.15. The van der Waals surface area contributed by atoms with Gasteiger partial charge >= 0.3 is 0 Å². The zero-order chi connectivity index (χ0) is 13.5. The van der Waals surface area contributed by atoms with Crippen molar-refractivity contribution in [2.75, 3.05) is 33.8 Å². The topological polar surface area (TPSA) is 37.4 Å². The van der Waals surface area contributed by atoms with Crippen molar-refractivity contribution >= 4 is 0 Å². The van der Waals surface area contributed by atoms with Crippen molar-refractivity contribution in [1.82, 2.24) is 15.2 Å². The van der Waals surface area contributed by atoms with Crippen molar-refractivity contribution in [3.05, 3.63) is 23.9 Å². The fourth-order valence-electron chi connectivity index (χ4n) is 2.67. The molecular weight excluding hydrogens is 238 g/mol. The first-order valence-corrected chi connectivity index (χ1v) is 7.18. The third kappa shape index (κ3) is 4.48. The summed E-state index contributed by atoms with van der Waals surface area (Å²) in [7, 11) is 3.70. The predicted molar refractivity (Wildman–Crippen MR) is 77.3 cm³/mol. The van der Waals surface area contributed by atoms with Crippen LogP contribution in [0.4, 0.5) is 0 Å². The van der Waals surface area contributed by atoms with E-state index in [0.717, 1.165) is 24.7 Å². The molecule has 4 nitrogen and oxygen atoms in total. The second-order valence-corrected chi connectivity index (χ2v) is 5.28. The van der Waals surface area contributed by atoms with Gasteiger partial charge in [0.15, 0.2) is 0 Å². The van der Waals surface area contributed by atoms with Gasteiger partial charge in [0.25, 0.3) is 0 Å². The SMILES string of the molecule is CNCCC1CCN(Cc2cccc(OC)n2)CC1. The zero-order valence-corrected chi connectivity index (χ0v) is 12.1. The van der Waals surface area contributed by atoms with E-state index < -0.39 is 0 Å². The molecule has 0 radical (unpaired) electrons. The van der Waals surface area contributed by atoms with E-state index in [1.807, 2.05) is 19.2 Å². The first-order valence-electron chi connectivity index (χ1n) is 7.18. The summed E-state index contributed by atoms with van der Waals surface area (Å²) in [6.07, 6.45) is 3.93. The van der Waals surface area contributed by atoms with Crippen LogP contribution in [0.15, 0.2) is 18.2 Å². The molecule has 2 rings (SSSR count). The molecule has 0 amide bonds. The maximum Gasteiger partial charge on any atom is 0.213 e. The Morgan fingerprint density at radius 3 is 2.84 bits per heavy atom. The number of rotatable bonds is 6. The monoisotopic (exact) mass is 263 g/mol. The van der Waals surface area contributed by atoms with Crippen LogP contribution >= 0.6 is 0 Å². The van der Waals surface area contributed by atoms with E-state index in [9.17, 15) is 0 Å². The van der Waals surface area contributed by atoms with Gasteiger partial charge in [-0.25, -0.2) is 4.98 Å². The van der Waals surface area contributed by atoms with Crippen molar-refractivity contribution in [2.45, 2.75) is 25.8 Å². The van der Waals surface area contributed by atoms with Crippen molar-refractivity contribution in [3.8, 4) is 5.88 Å². The van der Waals surface area contributed by atoms with Crippen LogP contribution in [-0.4, -0.2) is 43.7 Å². The lowest BCUT2D eigenvalue weighted by atomic mass is 9.93. The van der Waals surface area contributed by atoms with Crippen molar-refractivity contribution < 1.29 is 4.74 Å². The highest BCUT2D eigenvalue weighted by Gasteiger charge is 2.19. The van der Waals surface area contributed by atoms with Gasteiger partial charge < -0.3 is 10.1 Å². The Morgan fingerprint density at radius 1 is 1.37 bits per heavy atom. The lowest BCUT2D eigenvalue weighted by molar-refractivity contribution is 0.170. The summed E-state index contributed by atoms with van der Waals surface area (Å²) < 4.78 is 5.17. The highest BCUT2D eigenvalue weighted by atomic mass is 16.5. The Kier molecular flexibility index (Phi) is 5.61. The van der Waals surface area contributed by atoms with Crippen LogP contribution in [-0.2, 0) is 6.54 Å². The van der Waals surface area contributed by atoms with Crippen LogP contribution in [0.2, 0.25) is 0 Å². The molecule has 106 valence electrons. The van der Waals surface area contributed by atoms with Gasteiger partial charge in [0.1, 0.15) is 0 Å². The number of likely N-dealkylation sites (tertiary alicyclic amines) is 1. The smallest absolute Gasteiger partial charge is 0.213 e. The molecule has 19 heavy (non-hydrogen) atoms. The number of ether oxygens (including phenoxy) is 1. The van der Waals surface area contributed by atoms with Gasteiger partial charge in [-0.1, -0.05) is 6.07 Å². The standard InChI is InChI=1S/C15H25N3O/c1-16-9-6-13-7-10-18(11-8-13)12-14-4-3-5-15(17-14)19-2/h3-5,13,16H,6-12H2,1-2H3. The van der Waals surface area contributed by atoms with Gasteiger partial charge in [-0.15, -0.1) is 0 Å². The minimum atomic E-state index is 0.710. The lowest BCUT2D eigenvalue weighted by Crippen LogP contribution is -2.34. The van der Waals surface area contributed by atoms with E-state index in [2.05, 4.69) is 21.3 Å². The Morgan fingerprint density at radius 2 is 2.16 bits per heavy atom. The highest BCUT2D eigenvalue weighted by Crippen LogP contribution is 2.21. The molecule has 1 saturated heterocycles. The van der Waals surface area contributed by atoms with Crippen molar-refractivity contribution in [3.63, 3.8) is 0 Å². The van der Waals surface area contributed by atoms with Crippen LogP contribution in [0.25, 0.3) is 0 Å². The van der Waals surface area contributed by atoms with Crippen LogP contribution in [0.3, 0.4) is 0 Å². The minimum Gasteiger partial charge on any atom is -0.481 e. The molecule has 1 aliphatic rings. The molecule has 0 atom stereocenters. The van der Waals surface area contributed by atoms with Gasteiger partial charge in [-0.3, -0.25) is 4.90 Å². The Balaban J connectivity index is 1.78. The largest absolute Gasteiger partial charge is 0.481 e. The number of piperidine rings is 1. The second-order valence-electron chi connectivity index (χ2n) is 5.28. The number of aromatic nitrogens is 1. The van der Waals surface area contributed by atoms with E-state index in [0.29, 0.717) is 5.88 Å². The Bertz CT molecular complexity index is 375. The van der Waals surface area contributed by atoms with Crippen molar-refractivity contribution in [1.29, 1.82) is 0 Å². The molecule has 0 unspecified atom stereocenters. The summed E-state index contributed by atoms with van der Waals surface area (Å²) in [6.45, 7) is 4.46. The van der Waals surface area contributed by atoms with E-state index in [1.165, 1.54) is 32.4 Å². The van der Waals surface area contributed by atoms with Crippen LogP contribution in [0, 0.1) is 5.92 Å². The molecule has 1 aromatic heterocycles. The summed E-state index contributed by atoms with van der Waals surface area (Å²) in [5.74, 6) is 1.60. The predicted octanol–water partition coefficient (Wildman–Crippen LogP) is 1.91. The molecule has 1 fully saturated rings. The fraction of sp³-hybridized carbons (Fsp3) is 0.667. The summed E-state index contributed by atoms with van der Waals surface area (Å²) in [5, 5.41) is 3.24. The van der Waals surface area contributed by atoms with Gasteiger partial charge in [-0.2, -0.15) is 0 Å². The number of nitrogens with zero attached hydrogens (tertiary/aromatic N) is 2. The second kappa shape index (κ2) is 7.46. The van der Waals surface area contributed by atoms with Gasteiger partial charge in [0, 0.05) is 12.6 Å². The molecule has 0 aromatic carbocycles. The van der Waals surface area contributed by atoms with Crippen LogP contribution in [0.1, 0.15) is 25.0 Å². The average molecular weight is 263 g/mol. The van der Waals surface area contributed by atoms with Gasteiger partial charge in [0.05, 0.1) is 12.8 Å². The maximum absolute atomic E-state index is 5.17. The molecule has 2 heterocycles. The molecule has 1 aliphatic heterocycles. The molecule has 0 aliphatic carbocycles. The molecule has 0 bridgehead atoms. The number of methoxy groups -OCH3 is 1. The Hall–Kier alpha value is -1.13. The fourth-order valence-corrected chi connectivity index (χ4v) is 2.67. The maximum atomic E-state index is 5.17. The minimum absolute atomic E-state index is 0.710. The Labute approximate surface area is 116 Å². The molecule has 1 aromatic rings. The number of hydrogen-bond acceptors (Lipinski definition) is 4. The number of nitrogens with one attached hydrogen (secondary N) is 1. The number of hydrogen-bond donors (Lipinski definition) is 1. The molecule has 0 spiro atoms. The summed E-state index contributed by atoms with van der Waals surface area (Å²) in [4.78, 5) is 6.98. The third-order valence-corrected chi connectivity index (χ3v) is 3.89. The average Bonchev–Trinajstić information content (AvgIpc) is 2.47.